The molecule has 1 aliphatic heterocycles. The Hall–Kier alpha value is 0.487. The minimum Gasteiger partial charge on any atom is -1.00 e. The molecule has 0 saturated carbocycles. The largest absolute Gasteiger partial charge is 1.00 e. The number of carbonyl (C=O) groups excluding carboxylic acids is 1. The van der Waals surface area contributed by atoms with Crippen LogP contribution in [-0.2, 0) is 28.0 Å². The third-order valence-corrected chi connectivity index (χ3v) is 20.0. The van der Waals surface area contributed by atoms with Gasteiger partial charge in [0.25, 0.3) is 0 Å². The molecule has 1 fully saturated rings. The first-order chi connectivity index (χ1) is 9.03. The minimum atomic E-state index is -1.20. The number of allylic oxidation sites excluding steroid dienone is 8. The quantitative estimate of drug-likeness (QED) is 0.441. The fourth-order valence-electron chi connectivity index (χ4n) is 2.75. The zero-order chi connectivity index (χ0) is 13.6. The first-order valence-corrected chi connectivity index (χ1v) is 14.6. The van der Waals surface area contributed by atoms with E-state index in [9.17, 15) is 4.79 Å². The number of aliphatic hydroxyl groups excluding tert-OH is 1. The van der Waals surface area contributed by atoms with Crippen molar-refractivity contribution in [3.05, 3.63) is 43.0 Å². The smallest absolute Gasteiger partial charge is 1.00 e. The number of hydrogen-bond donors (Lipinski definition) is 1. The van der Waals surface area contributed by atoms with E-state index in [0.29, 0.717) is 6.61 Å². The van der Waals surface area contributed by atoms with Gasteiger partial charge in [0, 0.05) is 0 Å². The van der Waals surface area contributed by atoms with Gasteiger partial charge in [-0.3, -0.25) is 0 Å². The Morgan fingerprint density at radius 2 is 2.00 bits per heavy atom. The molecular weight excluding hydrogens is 418 g/mol. The van der Waals surface area contributed by atoms with E-state index in [-0.39, 0.29) is 40.1 Å². The molecule has 2 nitrogen and oxygen atoms in total. The standard InChI is InChI=1S/C9H5OSi.C5H13OSi.2ClH.Zr/c10-6-3-1-2-5-4-7-9(11-7)8(5)6;1-7(2,3)5-4-6;;;/h1-3H,11H2;6H,1,4-5H2,2-3H3;2*1H;/q;;;;+2/p-2. The molecule has 0 radical (unpaired) electrons. The number of halogens is 2. The normalized spacial score (nSPS) is 19.6. The first-order valence-electron chi connectivity index (χ1n) is 6.78. The monoisotopic (exact) mass is 434 g/mol. The summed E-state index contributed by atoms with van der Waals surface area (Å²) in [7, 11) is -1.35. The molecule has 0 atom stereocenters. The SMILES string of the molecule is C[Si](C)(CCO)[CH2][Zr+2][C]1=C2[SiH2]C2=C2C(=O)C=CC=C12.[Cl-].[Cl-]. The van der Waals surface area contributed by atoms with Crippen molar-refractivity contribution < 1.29 is 58.0 Å². The van der Waals surface area contributed by atoms with E-state index in [0.717, 1.165) is 11.6 Å². The van der Waals surface area contributed by atoms with Crippen LogP contribution in [0.25, 0.3) is 0 Å². The summed E-state index contributed by atoms with van der Waals surface area (Å²) in [5.41, 5.74) is 2.39. The molecule has 3 aliphatic rings. The molecule has 0 aromatic carbocycles. The number of carbonyl (C=O) groups is 1. The fraction of sp³-hybridized carbons (Fsp3) is 0.357. The molecule has 0 aromatic heterocycles. The van der Waals surface area contributed by atoms with Crippen molar-refractivity contribution >= 4 is 23.4 Å². The molecule has 1 N–H and O–H groups in total. The van der Waals surface area contributed by atoms with Gasteiger partial charge in [-0.1, -0.05) is 0 Å². The molecule has 0 bridgehead atoms. The number of hydrogen-bond acceptors (Lipinski definition) is 2. The maximum Gasteiger partial charge on any atom is -1.00 e. The van der Waals surface area contributed by atoms with Crippen LogP contribution in [0.4, 0.5) is 0 Å². The summed E-state index contributed by atoms with van der Waals surface area (Å²) in [6.07, 6.45) is 5.80. The predicted molar refractivity (Wildman–Crippen MR) is 79.0 cm³/mol. The van der Waals surface area contributed by atoms with Crippen molar-refractivity contribution in [3.63, 3.8) is 0 Å². The van der Waals surface area contributed by atoms with Crippen LogP contribution in [0.15, 0.2) is 43.0 Å². The Labute approximate surface area is 153 Å². The van der Waals surface area contributed by atoms with Gasteiger partial charge in [0.05, 0.1) is 0 Å². The van der Waals surface area contributed by atoms with E-state index in [1.54, 1.807) is 14.6 Å². The Morgan fingerprint density at radius 3 is 2.67 bits per heavy atom. The molecule has 0 aromatic rings. The van der Waals surface area contributed by atoms with E-state index >= 15 is 0 Å². The molecule has 3 rings (SSSR count). The van der Waals surface area contributed by atoms with E-state index in [1.807, 2.05) is 6.08 Å². The Bertz CT molecular complexity index is 592. The van der Waals surface area contributed by atoms with Crippen LogP contribution in [-0.4, -0.2) is 35.1 Å². The maximum atomic E-state index is 12.0. The van der Waals surface area contributed by atoms with Crippen molar-refractivity contribution in [1.82, 2.24) is 0 Å². The summed E-state index contributed by atoms with van der Waals surface area (Å²) < 4.78 is 3.04. The van der Waals surface area contributed by atoms with Crippen LogP contribution in [0.1, 0.15) is 0 Å². The summed E-state index contributed by atoms with van der Waals surface area (Å²) in [4.78, 5) is 12.0. The van der Waals surface area contributed by atoms with Crippen LogP contribution in [0.3, 0.4) is 0 Å². The molecule has 7 heteroatoms. The van der Waals surface area contributed by atoms with Crippen LogP contribution in [0, 0.1) is 0 Å². The van der Waals surface area contributed by atoms with E-state index < -0.39 is 31.3 Å². The van der Waals surface area contributed by atoms with Crippen LogP contribution in [0.5, 0.6) is 0 Å². The summed E-state index contributed by atoms with van der Waals surface area (Å²) in [5.74, 6) is 0.247. The van der Waals surface area contributed by atoms with Crippen LogP contribution < -0.4 is 24.8 Å². The van der Waals surface area contributed by atoms with Gasteiger partial charge in [-0.25, -0.2) is 0 Å². The van der Waals surface area contributed by atoms with Crippen molar-refractivity contribution in [2.24, 2.45) is 0 Å². The van der Waals surface area contributed by atoms with Crippen molar-refractivity contribution in [1.29, 1.82) is 0 Å². The molecule has 2 aliphatic carbocycles. The third kappa shape index (κ3) is 3.88. The zero-order valence-electron chi connectivity index (χ0n) is 12.2. The van der Waals surface area contributed by atoms with E-state index in [2.05, 4.69) is 19.2 Å². The van der Waals surface area contributed by atoms with E-state index in [4.69, 9.17) is 5.11 Å². The van der Waals surface area contributed by atoms with Gasteiger partial charge in [-0.2, -0.15) is 0 Å². The maximum absolute atomic E-state index is 12.0. The zero-order valence-corrected chi connectivity index (χ0v) is 18.6. The second kappa shape index (κ2) is 7.37. The fourth-order valence-corrected chi connectivity index (χ4v) is 15.5. The summed E-state index contributed by atoms with van der Waals surface area (Å²) >= 11 is -0.570. The van der Waals surface area contributed by atoms with Crippen molar-refractivity contribution in [2.45, 2.75) is 22.9 Å². The molecule has 21 heavy (non-hydrogen) atoms. The van der Waals surface area contributed by atoms with Crippen molar-refractivity contribution in [2.75, 3.05) is 6.61 Å². The average molecular weight is 437 g/mol. The van der Waals surface area contributed by atoms with Gasteiger partial charge in [-0.05, 0) is 0 Å². The second-order valence-electron chi connectivity index (χ2n) is 6.18. The Morgan fingerprint density at radius 1 is 1.29 bits per heavy atom. The van der Waals surface area contributed by atoms with Gasteiger partial charge in [0.1, 0.15) is 0 Å². The Kier molecular flexibility index (Phi) is 6.86. The average Bonchev–Trinajstić information content (AvgIpc) is 3.04. The van der Waals surface area contributed by atoms with E-state index in [1.165, 1.54) is 14.5 Å². The van der Waals surface area contributed by atoms with Gasteiger partial charge < -0.3 is 24.8 Å². The molecule has 1 heterocycles. The summed E-state index contributed by atoms with van der Waals surface area (Å²) in [6, 6.07) is 1.03. The molecule has 0 amide bonds. The summed E-state index contributed by atoms with van der Waals surface area (Å²) in [6.45, 7) is 5.13. The first kappa shape index (κ1) is 19.5. The molecule has 0 unspecified atom stereocenters. The molecule has 0 spiro atoms. The third-order valence-electron chi connectivity index (χ3n) is 4.02. The topological polar surface area (TPSA) is 37.3 Å². The van der Waals surface area contributed by atoms with Gasteiger partial charge in [0.15, 0.2) is 0 Å². The van der Waals surface area contributed by atoms with Gasteiger partial charge in [-0.15, -0.1) is 0 Å². The van der Waals surface area contributed by atoms with Crippen LogP contribution in [0.2, 0.25) is 22.9 Å². The van der Waals surface area contributed by atoms with Gasteiger partial charge in [0.2, 0.25) is 0 Å². The predicted octanol–water partition coefficient (Wildman–Crippen LogP) is -4.54. The summed E-state index contributed by atoms with van der Waals surface area (Å²) in [5, 5.41) is 12.3. The van der Waals surface area contributed by atoms with Crippen molar-refractivity contribution in [3.8, 4) is 0 Å². The van der Waals surface area contributed by atoms with Gasteiger partial charge >= 0.3 is 129 Å². The van der Waals surface area contributed by atoms with Crippen LogP contribution >= 0.6 is 0 Å². The minimum absolute atomic E-state index is 0. The number of fused-ring (bicyclic) bond motifs is 2. The molecule has 112 valence electrons. The molecule has 1 saturated heterocycles. The Balaban J connectivity index is 0.00000110. The number of aliphatic hydroxyl groups is 1. The number of ketones is 1. The number of rotatable bonds is 5. The molecular formula is C14H18Cl2O2Si2Zr. The second-order valence-corrected chi connectivity index (χ2v) is 17.8.